The predicted octanol–water partition coefficient (Wildman–Crippen LogP) is 5.13. The van der Waals surface area contributed by atoms with E-state index in [1.54, 1.807) is 26.0 Å². The molecule has 0 radical (unpaired) electrons. The highest BCUT2D eigenvalue weighted by Gasteiger charge is 2.18. The molecule has 0 fully saturated rings. The van der Waals surface area contributed by atoms with E-state index in [2.05, 4.69) is 26.6 Å². The van der Waals surface area contributed by atoms with E-state index in [9.17, 15) is 9.59 Å². The van der Waals surface area contributed by atoms with Crippen LogP contribution in [-0.2, 0) is 9.59 Å². The smallest absolute Gasteiger partial charge is 0.265 e. The van der Waals surface area contributed by atoms with Crippen LogP contribution in [0.4, 0.5) is 11.4 Å². The third-order valence-corrected chi connectivity index (χ3v) is 4.65. The van der Waals surface area contributed by atoms with E-state index < -0.39 is 6.10 Å². The fourth-order valence-electron chi connectivity index (χ4n) is 2.63. The maximum absolute atomic E-state index is 12.5. The van der Waals surface area contributed by atoms with Crippen LogP contribution in [-0.4, -0.2) is 17.9 Å². The quantitative estimate of drug-likeness (QED) is 0.664. The Kier molecular flexibility index (Phi) is 7.02. The van der Waals surface area contributed by atoms with Crippen molar-refractivity contribution in [3.05, 3.63) is 51.5 Å². The molecule has 2 aromatic carbocycles. The Balaban J connectivity index is 2.10. The summed E-state index contributed by atoms with van der Waals surface area (Å²) in [5.74, 6) is 0.383. The number of anilines is 2. The summed E-state index contributed by atoms with van der Waals surface area (Å²) >= 11 is 3.46. The average molecular weight is 433 g/mol. The minimum Gasteiger partial charge on any atom is -0.480 e. The van der Waals surface area contributed by atoms with Gasteiger partial charge in [-0.1, -0.05) is 28.9 Å². The minimum absolute atomic E-state index is 0.0699. The number of benzene rings is 2. The van der Waals surface area contributed by atoms with Crippen LogP contribution < -0.4 is 15.4 Å². The third kappa shape index (κ3) is 5.57. The topological polar surface area (TPSA) is 67.4 Å². The van der Waals surface area contributed by atoms with Crippen molar-refractivity contribution in [2.75, 3.05) is 10.6 Å². The van der Waals surface area contributed by atoms with Crippen LogP contribution in [0.3, 0.4) is 0 Å². The van der Waals surface area contributed by atoms with Gasteiger partial charge < -0.3 is 15.4 Å². The van der Waals surface area contributed by atoms with Crippen molar-refractivity contribution in [2.45, 2.75) is 47.1 Å². The van der Waals surface area contributed by atoms with E-state index >= 15 is 0 Å². The number of carbonyl (C=O) groups excluding carboxylic acids is 2. The van der Waals surface area contributed by atoms with Gasteiger partial charge in [-0.15, -0.1) is 0 Å². The predicted molar refractivity (Wildman–Crippen MR) is 112 cm³/mol. The normalized spacial score (nSPS) is 11.6. The fourth-order valence-corrected chi connectivity index (χ4v) is 3.32. The molecule has 0 heterocycles. The second-order valence-corrected chi connectivity index (χ2v) is 7.47. The molecule has 27 heavy (non-hydrogen) atoms. The molecule has 2 rings (SSSR count). The fraction of sp³-hybridized carbons (Fsp3) is 0.333. The third-order valence-electron chi connectivity index (χ3n) is 4.19. The highest BCUT2D eigenvalue weighted by atomic mass is 79.9. The van der Waals surface area contributed by atoms with Gasteiger partial charge in [0.25, 0.3) is 5.91 Å². The number of carbonyl (C=O) groups is 2. The van der Waals surface area contributed by atoms with E-state index in [1.807, 2.05) is 39.0 Å². The Morgan fingerprint density at radius 1 is 1.04 bits per heavy atom. The van der Waals surface area contributed by atoms with Crippen LogP contribution >= 0.6 is 15.9 Å². The molecule has 0 saturated heterocycles. The Hall–Kier alpha value is -2.34. The van der Waals surface area contributed by atoms with E-state index in [1.165, 1.54) is 0 Å². The van der Waals surface area contributed by atoms with Gasteiger partial charge in [-0.3, -0.25) is 9.59 Å². The maximum Gasteiger partial charge on any atom is 0.265 e. The van der Waals surface area contributed by atoms with E-state index in [0.29, 0.717) is 23.5 Å². The van der Waals surface area contributed by atoms with Gasteiger partial charge in [0.05, 0.1) is 0 Å². The van der Waals surface area contributed by atoms with Gasteiger partial charge in [0.2, 0.25) is 5.91 Å². The van der Waals surface area contributed by atoms with Crippen LogP contribution in [0.25, 0.3) is 0 Å². The first-order valence-electron chi connectivity index (χ1n) is 8.86. The lowest BCUT2D eigenvalue weighted by Crippen LogP contribution is -2.30. The van der Waals surface area contributed by atoms with Gasteiger partial charge in [0, 0.05) is 22.3 Å². The second-order valence-electron chi connectivity index (χ2n) is 6.55. The van der Waals surface area contributed by atoms with Crippen molar-refractivity contribution in [3.63, 3.8) is 0 Å². The van der Waals surface area contributed by atoms with Crippen LogP contribution in [0.2, 0.25) is 0 Å². The summed E-state index contributed by atoms with van der Waals surface area (Å²) in [4.78, 5) is 24.2. The van der Waals surface area contributed by atoms with Gasteiger partial charge in [-0.2, -0.15) is 0 Å². The van der Waals surface area contributed by atoms with Crippen LogP contribution in [0.5, 0.6) is 5.75 Å². The standard InChI is InChI=1S/C21H25BrN2O3/c1-6-19(25)24-18-11-17(8-7-12(18)2)23-21(26)15(5)27-20-13(3)9-16(22)10-14(20)4/h7-11,15H,6H2,1-5H3,(H,23,26)(H,24,25). The Labute approximate surface area is 168 Å². The minimum atomic E-state index is -0.668. The molecule has 5 nitrogen and oxygen atoms in total. The van der Waals surface area contributed by atoms with Crippen molar-refractivity contribution in [1.82, 2.24) is 0 Å². The number of nitrogens with one attached hydrogen (secondary N) is 2. The van der Waals surface area contributed by atoms with E-state index in [-0.39, 0.29) is 11.8 Å². The first-order chi connectivity index (χ1) is 12.7. The lowest BCUT2D eigenvalue weighted by molar-refractivity contribution is -0.122. The Morgan fingerprint density at radius 2 is 1.67 bits per heavy atom. The van der Waals surface area contributed by atoms with Crippen molar-refractivity contribution < 1.29 is 14.3 Å². The largest absolute Gasteiger partial charge is 0.480 e. The summed E-state index contributed by atoms with van der Waals surface area (Å²) < 4.78 is 6.87. The lowest BCUT2D eigenvalue weighted by Gasteiger charge is -2.19. The average Bonchev–Trinajstić information content (AvgIpc) is 2.60. The molecule has 0 aliphatic carbocycles. The summed E-state index contributed by atoms with van der Waals surface area (Å²) in [7, 11) is 0. The molecule has 0 saturated carbocycles. The summed E-state index contributed by atoms with van der Waals surface area (Å²) in [5, 5.41) is 5.68. The molecular weight excluding hydrogens is 408 g/mol. The van der Waals surface area contributed by atoms with Crippen LogP contribution in [0, 0.1) is 20.8 Å². The van der Waals surface area contributed by atoms with Gasteiger partial charge in [-0.25, -0.2) is 0 Å². The van der Waals surface area contributed by atoms with Gasteiger partial charge in [0.15, 0.2) is 6.10 Å². The zero-order valence-corrected chi connectivity index (χ0v) is 17.9. The molecule has 0 aliphatic rings. The highest BCUT2D eigenvalue weighted by Crippen LogP contribution is 2.28. The van der Waals surface area contributed by atoms with E-state index in [0.717, 1.165) is 21.2 Å². The monoisotopic (exact) mass is 432 g/mol. The van der Waals surface area contributed by atoms with Crippen molar-refractivity contribution in [3.8, 4) is 5.75 Å². The number of hydrogen-bond acceptors (Lipinski definition) is 3. The Morgan fingerprint density at radius 3 is 2.26 bits per heavy atom. The van der Waals surface area contributed by atoms with Gasteiger partial charge in [-0.05, 0) is 68.7 Å². The molecule has 0 spiro atoms. The molecule has 2 amide bonds. The summed E-state index contributed by atoms with van der Waals surface area (Å²) in [6.45, 7) is 9.30. The molecule has 0 aliphatic heterocycles. The molecule has 2 aromatic rings. The summed E-state index contributed by atoms with van der Waals surface area (Å²) in [6.07, 6.45) is -0.272. The number of rotatable bonds is 6. The number of aryl methyl sites for hydroxylation is 3. The summed E-state index contributed by atoms with van der Waals surface area (Å²) in [6, 6.07) is 9.32. The first-order valence-corrected chi connectivity index (χ1v) is 9.65. The molecule has 144 valence electrons. The molecule has 1 atom stereocenters. The number of hydrogen-bond donors (Lipinski definition) is 2. The molecule has 6 heteroatoms. The zero-order chi connectivity index (χ0) is 20.1. The molecule has 1 unspecified atom stereocenters. The number of amides is 2. The second kappa shape index (κ2) is 9.04. The zero-order valence-electron chi connectivity index (χ0n) is 16.3. The summed E-state index contributed by atoms with van der Waals surface area (Å²) in [5.41, 5.74) is 4.15. The number of halogens is 1. The van der Waals surface area contributed by atoms with Crippen molar-refractivity contribution in [1.29, 1.82) is 0 Å². The van der Waals surface area contributed by atoms with Crippen LogP contribution in [0.1, 0.15) is 37.0 Å². The molecule has 0 aromatic heterocycles. The maximum atomic E-state index is 12.5. The highest BCUT2D eigenvalue weighted by molar-refractivity contribution is 9.10. The van der Waals surface area contributed by atoms with E-state index in [4.69, 9.17) is 4.74 Å². The van der Waals surface area contributed by atoms with Gasteiger partial charge >= 0.3 is 0 Å². The van der Waals surface area contributed by atoms with Crippen molar-refractivity contribution >= 4 is 39.1 Å². The number of ether oxygens (including phenoxy) is 1. The van der Waals surface area contributed by atoms with Gasteiger partial charge in [0.1, 0.15) is 5.75 Å². The molecule has 2 N–H and O–H groups in total. The van der Waals surface area contributed by atoms with Crippen LogP contribution in [0.15, 0.2) is 34.8 Å². The lowest BCUT2D eigenvalue weighted by atomic mass is 10.1. The molecular formula is C21H25BrN2O3. The SMILES string of the molecule is CCC(=O)Nc1cc(NC(=O)C(C)Oc2c(C)cc(Br)cc2C)ccc1C. The van der Waals surface area contributed by atoms with Crippen molar-refractivity contribution in [2.24, 2.45) is 0 Å². The first kappa shape index (κ1) is 21.0. The molecule has 0 bridgehead atoms. The Bertz CT molecular complexity index is 841.